The van der Waals surface area contributed by atoms with Crippen LogP contribution in [0.2, 0.25) is 0 Å². The number of Topliss-reactive ketones (excluding diaryl/α,β-unsaturated/α-hetero) is 1. The van der Waals surface area contributed by atoms with E-state index in [-0.39, 0.29) is 11.8 Å². The van der Waals surface area contributed by atoms with Gasteiger partial charge in [-0.1, -0.05) is 0 Å². The zero-order valence-corrected chi connectivity index (χ0v) is 5.64. The third-order valence-electron chi connectivity index (χ3n) is 1.09. The molecule has 0 heterocycles. The van der Waals surface area contributed by atoms with Crippen LogP contribution in [0.3, 0.4) is 0 Å². The summed E-state index contributed by atoms with van der Waals surface area (Å²) in [5, 5.41) is 0. The molecule has 2 nitrogen and oxygen atoms in total. The summed E-state index contributed by atoms with van der Waals surface area (Å²) in [6.07, 6.45) is 0. The smallest absolute Gasteiger partial charge is 0.146 e. The van der Waals surface area contributed by atoms with Gasteiger partial charge in [0.15, 0.2) is 0 Å². The molecule has 0 aliphatic rings. The van der Waals surface area contributed by atoms with Crippen LogP contribution >= 0.6 is 0 Å². The normalized spacial score (nSPS) is 14.1. The molecule has 8 heavy (non-hydrogen) atoms. The molecule has 0 amide bonds. The fourth-order valence-corrected chi connectivity index (χ4v) is 0.364. The molecule has 47 valence electrons. The summed E-state index contributed by atoms with van der Waals surface area (Å²) in [5.41, 5.74) is 0. The molecule has 0 rings (SSSR count). The number of hydrogen-bond donors (Lipinski definition) is 0. The van der Waals surface area contributed by atoms with Gasteiger partial charge in [0.1, 0.15) is 5.78 Å². The lowest BCUT2D eigenvalue weighted by molar-refractivity contribution is -0.119. The maximum absolute atomic E-state index is 10.5. The third-order valence-corrected chi connectivity index (χ3v) is 1.09. The molecule has 0 bridgehead atoms. The highest BCUT2D eigenvalue weighted by Gasteiger charge is 2.07. The maximum atomic E-state index is 10.5. The van der Waals surface area contributed by atoms with Crippen LogP contribution in [-0.4, -0.2) is 30.8 Å². The van der Waals surface area contributed by atoms with Crippen molar-refractivity contribution in [1.29, 1.82) is 0 Å². The molecule has 1 atom stereocenters. The van der Waals surface area contributed by atoms with Gasteiger partial charge in [0.2, 0.25) is 0 Å². The average Bonchev–Trinajstić information content (AvgIpc) is 1.64. The SMILES string of the molecule is [CH2]C(C(C)=O)N(C)C. The van der Waals surface area contributed by atoms with Crippen LogP contribution in [0.15, 0.2) is 0 Å². The van der Waals surface area contributed by atoms with E-state index in [9.17, 15) is 4.79 Å². The predicted molar refractivity (Wildman–Crippen MR) is 33.5 cm³/mol. The highest BCUT2D eigenvalue weighted by molar-refractivity contribution is 5.81. The molecule has 0 aromatic rings. The van der Waals surface area contributed by atoms with E-state index in [0.717, 1.165) is 0 Å². The molecule has 0 spiro atoms. The highest BCUT2D eigenvalue weighted by atomic mass is 16.1. The molecule has 1 unspecified atom stereocenters. The Hall–Kier alpha value is -0.370. The van der Waals surface area contributed by atoms with E-state index in [1.807, 2.05) is 14.1 Å². The number of ketones is 1. The number of rotatable bonds is 2. The van der Waals surface area contributed by atoms with Crippen LogP contribution in [0.1, 0.15) is 6.92 Å². The van der Waals surface area contributed by atoms with Crippen molar-refractivity contribution in [2.75, 3.05) is 14.1 Å². The average molecular weight is 114 g/mol. The zero-order chi connectivity index (χ0) is 6.73. The highest BCUT2D eigenvalue weighted by Crippen LogP contribution is 1.89. The standard InChI is InChI=1S/C6H12NO/c1-5(6(2)8)7(3)4/h5H,1H2,2-4H3. The number of carbonyl (C=O) groups is 1. The molecule has 0 fully saturated rings. The third kappa shape index (κ3) is 2.07. The molecule has 0 aliphatic carbocycles. The Labute approximate surface area is 50.5 Å². The zero-order valence-electron chi connectivity index (χ0n) is 5.64. The number of carbonyl (C=O) groups excluding carboxylic acids is 1. The van der Waals surface area contributed by atoms with Crippen molar-refractivity contribution in [1.82, 2.24) is 4.90 Å². The molecular formula is C6H12NO. The molecule has 2 heteroatoms. The lowest BCUT2D eigenvalue weighted by atomic mass is 10.2. The van der Waals surface area contributed by atoms with Crippen molar-refractivity contribution in [3.05, 3.63) is 6.92 Å². The van der Waals surface area contributed by atoms with E-state index in [4.69, 9.17) is 0 Å². The van der Waals surface area contributed by atoms with Gasteiger partial charge in [-0.3, -0.25) is 9.69 Å². The van der Waals surface area contributed by atoms with Crippen molar-refractivity contribution in [3.8, 4) is 0 Å². The van der Waals surface area contributed by atoms with Gasteiger partial charge in [-0.05, 0) is 27.9 Å². The summed E-state index contributed by atoms with van der Waals surface area (Å²) >= 11 is 0. The first-order valence-electron chi connectivity index (χ1n) is 2.55. The Morgan fingerprint density at radius 3 is 2.00 bits per heavy atom. The van der Waals surface area contributed by atoms with Gasteiger partial charge in [-0.25, -0.2) is 0 Å². The number of hydrogen-bond acceptors (Lipinski definition) is 2. The Balaban J connectivity index is 3.64. The Bertz CT molecular complexity index is 88.5. The van der Waals surface area contributed by atoms with E-state index >= 15 is 0 Å². The molecule has 0 aliphatic heterocycles. The van der Waals surface area contributed by atoms with Gasteiger partial charge >= 0.3 is 0 Å². The molecule has 0 aromatic carbocycles. The van der Waals surface area contributed by atoms with Crippen molar-refractivity contribution >= 4 is 5.78 Å². The molecule has 0 saturated carbocycles. The Morgan fingerprint density at radius 1 is 1.62 bits per heavy atom. The minimum absolute atomic E-state index is 0.106. The van der Waals surface area contributed by atoms with Crippen LogP contribution < -0.4 is 0 Å². The van der Waals surface area contributed by atoms with Crippen LogP contribution in [0, 0.1) is 6.92 Å². The summed E-state index contributed by atoms with van der Waals surface area (Å²) in [7, 11) is 3.66. The maximum Gasteiger partial charge on any atom is 0.146 e. The van der Waals surface area contributed by atoms with E-state index in [1.165, 1.54) is 6.92 Å². The first kappa shape index (κ1) is 7.63. The molecule has 1 radical (unpaired) electrons. The van der Waals surface area contributed by atoms with Crippen molar-refractivity contribution in [3.63, 3.8) is 0 Å². The second-order valence-electron chi connectivity index (χ2n) is 2.09. The molecule has 0 N–H and O–H groups in total. The summed E-state index contributed by atoms with van der Waals surface area (Å²) in [5.74, 6) is 0.106. The molecular weight excluding hydrogens is 102 g/mol. The second kappa shape index (κ2) is 2.82. The fourth-order valence-electron chi connectivity index (χ4n) is 0.364. The van der Waals surface area contributed by atoms with Crippen molar-refractivity contribution in [2.45, 2.75) is 13.0 Å². The summed E-state index contributed by atoms with van der Waals surface area (Å²) in [4.78, 5) is 12.3. The minimum Gasteiger partial charge on any atom is -0.300 e. The van der Waals surface area contributed by atoms with E-state index in [0.29, 0.717) is 0 Å². The first-order valence-corrected chi connectivity index (χ1v) is 2.55. The second-order valence-corrected chi connectivity index (χ2v) is 2.09. The van der Waals surface area contributed by atoms with Gasteiger partial charge in [-0.15, -0.1) is 0 Å². The van der Waals surface area contributed by atoms with Gasteiger partial charge < -0.3 is 0 Å². The summed E-state index contributed by atoms with van der Waals surface area (Å²) < 4.78 is 0. The van der Waals surface area contributed by atoms with Gasteiger partial charge in [0, 0.05) is 0 Å². The van der Waals surface area contributed by atoms with Crippen molar-refractivity contribution < 1.29 is 4.79 Å². The van der Waals surface area contributed by atoms with Crippen LogP contribution in [-0.2, 0) is 4.79 Å². The lowest BCUT2D eigenvalue weighted by Crippen LogP contribution is -2.31. The predicted octanol–water partition coefficient (Wildman–Crippen LogP) is 0.340. The van der Waals surface area contributed by atoms with E-state index in [2.05, 4.69) is 6.92 Å². The lowest BCUT2D eigenvalue weighted by Gasteiger charge is -2.15. The van der Waals surface area contributed by atoms with Crippen LogP contribution in [0.4, 0.5) is 0 Å². The van der Waals surface area contributed by atoms with Gasteiger partial charge in [-0.2, -0.15) is 0 Å². The van der Waals surface area contributed by atoms with E-state index < -0.39 is 0 Å². The van der Waals surface area contributed by atoms with Crippen molar-refractivity contribution in [2.24, 2.45) is 0 Å². The fraction of sp³-hybridized carbons (Fsp3) is 0.667. The van der Waals surface area contributed by atoms with Gasteiger partial charge in [0.05, 0.1) is 6.04 Å². The topological polar surface area (TPSA) is 20.3 Å². The van der Waals surface area contributed by atoms with Gasteiger partial charge in [0.25, 0.3) is 0 Å². The summed E-state index contributed by atoms with van der Waals surface area (Å²) in [6, 6.07) is -0.185. The number of likely N-dealkylation sites (N-methyl/N-ethyl adjacent to an activating group) is 1. The van der Waals surface area contributed by atoms with Crippen LogP contribution in [0.5, 0.6) is 0 Å². The van der Waals surface area contributed by atoms with Crippen LogP contribution in [0.25, 0.3) is 0 Å². The Kier molecular flexibility index (Phi) is 2.69. The number of nitrogens with zero attached hydrogens (tertiary/aromatic N) is 1. The quantitative estimate of drug-likeness (QED) is 0.516. The minimum atomic E-state index is -0.185. The largest absolute Gasteiger partial charge is 0.300 e. The molecule has 0 aromatic heterocycles. The first-order chi connectivity index (χ1) is 3.55. The monoisotopic (exact) mass is 114 g/mol. The Morgan fingerprint density at radius 2 is 2.00 bits per heavy atom. The summed E-state index contributed by atoms with van der Waals surface area (Å²) in [6.45, 7) is 5.15. The van der Waals surface area contributed by atoms with E-state index in [1.54, 1.807) is 4.90 Å². The molecule has 0 saturated heterocycles.